The zero-order valence-corrected chi connectivity index (χ0v) is 15.4. The Bertz CT molecular complexity index is 836. The van der Waals surface area contributed by atoms with E-state index in [0.717, 1.165) is 15.6 Å². The molecule has 0 saturated carbocycles. The first-order valence-corrected chi connectivity index (χ1v) is 9.52. The second-order valence-electron chi connectivity index (χ2n) is 5.28. The number of halogens is 1. The number of hydrogen-bond acceptors (Lipinski definition) is 3. The highest BCUT2D eigenvalue weighted by molar-refractivity contribution is 9.10. The van der Waals surface area contributed by atoms with Gasteiger partial charge in [0.1, 0.15) is 0 Å². The third-order valence-corrected chi connectivity index (χ3v) is 5.16. The van der Waals surface area contributed by atoms with E-state index in [9.17, 15) is 13.2 Å². The van der Waals surface area contributed by atoms with Gasteiger partial charge in [-0.1, -0.05) is 34.1 Å². The average molecular weight is 412 g/mol. The van der Waals surface area contributed by atoms with E-state index in [1.165, 1.54) is 12.1 Å². The minimum absolute atomic E-state index is 0.0712. The van der Waals surface area contributed by atoms with E-state index in [1.807, 2.05) is 25.1 Å². The fourth-order valence-corrected chi connectivity index (χ4v) is 2.91. The molecule has 0 aliphatic carbocycles. The van der Waals surface area contributed by atoms with E-state index < -0.39 is 10.0 Å². The second-order valence-corrected chi connectivity index (χ2v) is 7.70. The predicted molar refractivity (Wildman–Crippen MR) is 97.4 cm³/mol. The fraction of sp³-hybridized carbons (Fsp3) is 0.188. The first kappa shape index (κ1) is 18.4. The summed E-state index contributed by atoms with van der Waals surface area (Å²) in [7, 11) is -3.68. The molecule has 0 radical (unpaired) electrons. The molecule has 2 amide bonds. The van der Waals surface area contributed by atoms with Crippen molar-refractivity contribution >= 4 is 37.7 Å². The highest BCUT2D eigenvalue weighted by Gasteiger charge is 2.07. The van der Waals surface area contributed by atoms with Crippen molar-refractivity contribution in [2.45, 2.75) is 18.2 Å². The van der Waals surface area contributed by atoms with Crippen LogP contribution in [0.25, 0.3) is 0 Å². The average Bonchev–Trinajstić information content (AvgIpc) is 2.50. The molecular formula is C16H18BrN3O3S. The number of aryl methyl sites for hydroxylation is 1. The van der Waals surface area contributed by atoms with E-state index in [4.69, 9.17) is 5.14 Å². The minimum Gasteiger partial charge on any atom is -0.338 e. The van der Waals surface area contributed by atoms with E-state index in [-0.39, 0.29) is 10.9 Å². The van der Waals surface area contributed by atoms with Gasteiger partial charge in [0.15, 0.2) is 0 Å². The number of rotatable bonds is 5. The number of carbonyl (C=O) groups is 1. The number of sulfonamides is 1. The Labute approximate surface area is 149 Å². The summed E-state index contributed by atoms with van der Waals surface area (Å²) in [5.41, 5.74) is 2.69. The Hall–Kier alpha value is -1.90. The van der Waals surface area contributed by atoms with Gasteiger partial charge < -0.3 is 10.6 Å². The summed E-state index contributed by atoms with van der Waals surface area (Å²) < 4.78 is 23.3. The van der Waals surface area contributed by atoms with E-state index in [0.29, 0.717) is 18.7 Å². The van der Waals surface area contributed by atoms with Gasteiger partial charge in [0.2, 0.25) is 10.0 Å². The van der Waals surface area contributed by atoms with Crippen LogP contribution in [-0.4, -0.2) is 21.0 Å². The van der Waals surface area contributed by atoms with Gasteiger partial charge in [0, 0.05) is 16.7 Å². The molecule has 0 aliphatic heterocycles. The van der Waals surface area contributed by atoms with Crippen LogP contribution in [0.5, 0.6) is 0 Å². The van der Waals surface area contributed by atoms with Crippen molar-refractivity contribution in [1.29, 1.82) is 0 Å². The van der Waals surface area contributed by atoms with Crippen molar-refractivity contribution in [2.75, 3.05) is 11.9 Å². The van der Waals surface area contributed by atoms with Gasteiger partial charge in [-0.25, -0.2) is 18.4 Å². The molecule has 2 rings (SSSR count). The highest BCUT2D eigenvalue weighted by atomic mass is 79.9. The van der Waals surface area contributed by atoms with Crippen LogP contribution in [-0.2, 0) is 16.4 Å². The number of primary sulfonamides is 1. The van der Waals surface area contributed by atoms with Crippen LogP contribution in [0.3, 0.4) is 0 Å². The summed E-state index contributed by atoms with van der Waals surface area (Å²) in [4.78, 5) is 11.9. The summed E-state index contributed by atoms with van der Waals surface area (Å²) in [5, 5.41) is 10.5. The van der Waals surface area contributed by atoms with Crippen LogP contribution in [0.15, 0.2) is 51.8 Å². The molecule has 0 fully saturated rings. The van der Waals surface area contributed by atoms with Crippen molar-refractivity contribution in [3.63, 3.8) is 0 Å². The molecule has 4 N–H and O–H groups in total. The lowest BCUT2D eigenvalue weighted by molar-refractivity contribution is 0.252. The highest BCUT2D eigenvalue weighted by Crippen LogP contribution is 2.20. The number of carbonyl (C=O) groups excluding carboxylic acids is 1. The van der Waals surface area contributed by atoms with Crippen molar-refractivity contribution in [3.05, 3.63) is 58.1 Å². The van der Waals surface area contributed by atoms with Gasteiger partial charge in [-0.05, 0) is 48.7 Å². The standard InChI is InChI=1S/C16H18BrN3O3S/c1-11-2-5-13(10-15(11)17)20-16(21)19-9-8-12-3-6-14(7-4-12)24(18,22)23/h2-7,10H,8-9H2,1H3,(H2,18,22,23)(H2,19,20,21). The van der Waals surface area contributed by atoms with Gasteiger partial charge in [-0.2, -0.15) is 0 Å². The third kappa shape index (κ3) is 5.33. The quantitative estimate of drug-likeness (QED) is 0.704. The largest absolute Gasteiger partial charge is 0.338 e. The van der Waals surface area contributed by atoms with Crippen molar-refractivity contribution < 1.29 is 13.2 Å². The number of amides is 2. The zero-order valence-electron chi connectivity index (χ0n) is 13.0. The van der Waals surface area contributed by atoms with E-state index in [1.54, 1.807) is 12.1 Å². The summed E-state index contributed by atoms with van der Waals surface area (Å²) in [6.07, 6.45) is 0.579. The van der Waals surface area contributed by atoms with Crippen LogP contribution in [0.1, 0.15) is 11.1 Å². The Morgan fingerprint density at radius 3 is 2.42 bits per heavy atom. The van der Waals surface area contributed by atoms with Crippen molar-refractivity contribution in [2.24, 2.45) is 5.14 Å². The number of hydrogen-bond donors (Lipinski definition) is 3. The van der Waals surface area contributed by atoms with Crippen molar-refractivity contribution in [1.82, 2.24) is 5.32 Å². The lowest BCUT2D eigenvalue weighted by Gasteiger charge is -2.09. The molecule has 0 heterocycles. The van der Waals surface area contributed by atoms with Crippen LogP contribution in [0.2, 0.25) is 0 Å². The molecule has 0 atom stereocenters. The monoisotopic (exact) mass is 411 g/mol. The zero-order chi connectivity index (χ0) is 17.7. The van der Waals surface area contributed by atoms with Crippen LogP contribution >= 0.6 is 15.9 Å². The maximum atomic E-state index is 11.9. The normalized spacial score (nSPS) is 11.1. The number of nitrogens with two attached hydrogens (primary N) is 1. The summed E-state index contributed by atoms with van der Waals surface area (Å²) in [6.45, 7) is 2.39. The Balaban J connectivity index is 1.83. The SMILES string of the molecule is Cc1ccc(NC(=O)NCCc2ccc(S(N)(=O)=O)cc2)cc1Br. The first-order valence-electron chi connectivity index (χ1n) is 7.18. The molecule has 0 aliphatic rings. The molecule has 0 bridgehead atoms. The third-order valence-electron chi connectivity index (χ3n) is 3.38. The summed E-state index contributed by atoms with van der Waals surface area (Å²) in [6, 6.07) is 11.5. The van der Waals surface area contributed by atoms with Gasteiger partial charge in [0.25, 0.3) is 0 Å². The smallest absolute Gasteiger partial charge is 0.319 e. The van der Waals surface area contributed by atoms with Gasteiger partial charge >= 0.3 is 6.03 Å². The van der Waals surface area contributed by atoms with Crippen molar-refractivity contribution in [3.8, 4) is 0 Å². The summed E-state index contributed by atoms with van der Waals surface area (Å²) in [5.74, 6) is 0. The molecule has 128 valence electrons. The molecule has 0 aromatic heterocycles. The Morgan fingerprint density at radius 1 is 1.17 bits per heavy atom. The number of nitrogens with one attached hydrogen (secondary N) is 2. The van der Waals surface area contributed by atoms with Crippen LogP contribution in [0, 0.1) is 6.92 Å². The molecule has 2 aromatic rings. The number of urea groups is 1. The molecule has 6 nitrogen and oxygen atoms in total. The van der Waals surface area contributed by atoms with Gasteiger partial charge in [-0.15, -0.1) is 0 Å². The topological polar surface area (TPSA) is 101 Å². The van der Waals surface area contributed by atoms with E-state index >= 15 is 0 Å². The van der Waals surface area contributed by atoms with Crippen LogP contribution in [0.4, 0.5) is 10.5 Å². The molecular weight excluding hydrogens is 394 g/mol. The molecule has 8 heteroatoms. The van der Waals surface area contributed by atoms with Crippen LogP contribution < -0.4 is 15.8 Å². The molecule has 2 aromatic carbocycles. The number of anilines is 1. The number of benzene rings is 2. The summed E-state index contributed by atoms with van der Waals surface area (Å²) >= 11 is 3.42. The van der Waals surface area contributed by atoms with Gasteiger partial charge in [0.05, 0.1) is 4.90 Å². The maximum absolute atomic E-state index is 11.9. The fourth-order valence-electron chi connectivity index (χ4n) is 2.01. The first-order chi connectivity index (χ1) is 11.3. The lowest BCUT2D eigenvalue weighted by atomic mass is 10.1. The lowest BCUT2D eigenvalue weighted by Crippen LogP contribution is -2.30. The van der Waals surface area contributed by atoms with E-state index in [2.05, 4.69) is 26.6 Å². The predicted octanol–water partition coefficient (Wildman–Crippen LogP) is 2.77. The Kier molecular flexibility index (Phi) is 5.98. The molecule has 0 unspecified atom stereocenters. The molecule has 0 spiro atoms. The molecule has 0 saturated heterocycles. The Morgan fingerprint density at radius 2 is 1.83 bits per heavy atom. The minimum atomic E-state index is -3.68. The molecule has 24 heavy (non-hydrogen) atoms. The van der Waals surface area contributed by atoms with Gasteiger partial charge in [-0.3, -0.25) is 0 Å². The maximum Gasteiger partial charge on any atom is 0.319 e. The second kappa shape index (κ2) is 7.78.